The van der Waals surface area contributed by atoms with Gasteiger partial charge in [0.1, 0.15) is 10.7 Å². The molecule has 20 heavy (non-hydrogen) atoms. The molecule has 1 aromatic heterocycles. The van der Waals surface area contributed by atoms with E-state index in [1.54, 1.807) is 50.4 Å². The quantitative estimate of drug-likeness (QED) is 0.859. The first kappa shape index (κ1) is 14.6. The van der Waals surface area contributed by atoms with Gasteiger partial charge >= 0.3 is 0 Å². The SMILES string of the molecule is CC(C)NS(=O)(=O)c1ccccc1NCc1ccco1. The van der Waals surface area contributed by atoms with Gasteiger partial charge < -0.3 is 9.73 Å². The molecule has 2 rings (SSSR count). The van der Waals surface area contributed by atoms with Gasteiger partial charge in [-0.25, -0.2) is 13.1 Å². The highest BCUT2D eigenvalue weighted by molar-refractivity contribution is 7.89. The minimum atomic E-state index is -3.52. The van der Waals surface area contributed by atoms with Gasteiger partial charge in [-0.1, -0.05) is 12.1 Å². The summed E-state index contributed by atoms with van der Waals surface area (Å²) in [4.78, 5) is 0.236. The second kappa shape index (κ2) is 6.11. The number of hydrogen-bond donors (Lipinski definition) is 2. The average molecular weight is 294 g/mol. The van der Waals surface area contributed by atoms with Gasteiger partial charge in [0.15, 0.2) is 0 Å². The Kier molecular flexibility index (Phi) is 4.46. The molecule has 0 radical (unpaired) electrons. The Morgan fingerprint density at radius 3 is 2.55 bits per heavy atom. The maximum Gasteiger partial charge on any atom is 0.242 e. The molecule has 1 aromatic carbocycles. The summed E-state index contributed by atoms with van der Waals surface area (Å²) in [7, 11) is -3.52. The zero-order chi connectivity index (χ0) is 14.6. The second-order valence-corrected chi connectivity index (χ2v) is 6.39. The van der Waals surface area contributed by atoms with Crippen LogP contribution in [0.2, 0.25) is 0 Å². The molecule has 5 nitrogen and oxygen atoms in total. The van der Waals surface area contributed by atoms with Crippen molar-refractivity contribution in [1.29, 1.82) is 0 Å². The molecular formula is C14H18N2O3S. The Balaban J connectivity index is 2.22. The van der Waals surface area contributed by atoms with E-state index in [1.807, 2.05) is 6.07 Å². The zero-order valence-corrected chi connectivity index (χ0v) is 12.3. The normalized spacial score (nSPS) is 11.8. The number of para-hydroxylation sites is 1. The third-order valence-electron chi connectivity index (χ3n) is 2.60. The van der Waals surface area contributed by atoms with Gasteiger partial charge in [-0.05, 0) is 38.1 Å². The van der Waals surface area contributed by atoms with Crippen molar-refractivity contribution in [1.82, 2.24) is 4.72 Å². The van der Waals surface area contributed by atoms with Crippen LogP contribution >= 0.6 is 0 Å². The Labute approximate surface area is 119 Å². The molecule has 1 heterocycles. The van der Waals surface area contributed by atoms with Crippen LogP contribution in [0, 0.1) is 0 Å². The summed E-state index contributed by atoms with van der Waals surface area (Å²) in [6.07, 6.45) is 1.58. The van der Waals surface area contributed by atoms with Crippen molar-refractivity contribution >= 4 is 15.7 Å². The van der Waals surface area contributed by atoms with Crippen molar-refractivity contribution in [2.45, 2.75) is 31.3 Å². The smallest absolute Gasteiger partial charge is 0.242 e. The number of hydrogen-bond acceptors (Lipinski definition) is 4. The molecule has 0 saturated heterocycles. The van der Waals surface area contributed by atoms with Crippen LogP contribution in [0.3, 0.4) is 0 Å². The molecular weight excluding hydrogens is 276 g/mol. The average Bonchev–Trinajstić information content (AvgIpc) is 2.88. The molecule has 0 aliphatic heterocycles. The number of benzene rings is 1. The maximum atomic E-state index is 12.3. The van der Waals surface area contributed by atoms with Gasteiger partial charge in [-0.3, -0.25) is 0 Å². The van der Waals surface area contributed by atoms with Crippen molar-refractivity contribution in [3.05, 3.63) is 48.4 Å². The highest BCUT2D eigenvalue weighted by Gasteiger charge is 2.19. The van der Waals surface area contributed by atoms with Crippen molar-refractivity contribution in [3.8, 4) is 0 Å². The first-order valence-corrected chi connectivity index (χ1v) is 7.85. The number of rotatable bonds is 6. The molecule has 2 aromatic rings. The van der Waals surface area contributed by atoms with Gasteiger partial charge in [0.05, 0.1) is 18.5 Å². The number of furan rings is 1. The van der Waals surface area contributed by atoms with E-state index in [-0.39, 0.29) is 10.9 Å². The topological polar surface area (TPSA) is 71.3 Å². The predicted molar refractivity (Wildman–Crippen MR) is 77.9 cm³/mol. The van der Waals surface area contributed by atoms with E-state index >= 15 is 0 Å². The summed E-state index contributed by atoms with van der Waals surface area (Å²) in [6.45, 7) is 4.01. The summed E-state index contributed by atoms with van der Waals surface area (Å²) in [5, 5.41) is 3.08. The van der Waals surface area contributed by atoms with E-state index in [9.17, 15) is 8.42 Å². The summed E-state index contributed by atoms with van der Waals surface area (Å²) < 4.78 is 32.3. The molecule has 0 spiro atoms. The van der Waals surface area contributed by atoms with Gasteiger partial charge in [0, 0.05) is 6.04 Å². The lowest BCUT2D eigenvalue weighted by atomic mass is 10.3. The van der Waals surface area contributed by atoms with Crippen molar-refractivity contribution in [2.24, 2.45) is 0 Å². The lowest BCUT2D eigenvalue weighted by molar-refractivity contribution is 0.517. The van der Waals surface area contributed by atoms with Gasteiger partial charge in [0.2, 0.25) is 10.0 Å². The fourth-order valence-electron chi connectivity index (χ4n) is 1.82. The number of anilines is 1. The van der Waals surface area contributed by atoms with Gasteiger partial charge in [-0.15, -0.1) is 0 Å². The highest BCUT2D eigenvalue weighted by atomic mass is 32.2. The minimum Gasteiger partial charge on any atom is -0.467 e. The third-order valence-corrected chi connectivity index (χ3v) is 4.32. The Morgan fingerprint density at radius 1 is 1.15 bits per heavy atom. The van der Waals surface area contributed by atoms with Crippen LogP contribution in [0.4, 0.5) is 5.69 Å². The molecule has 0 atom stereocenters. The standard InChI is InChI=1S/C14H18N2O3S/c1-11(2)16-20(17,18)14-8-4-3-7-13(14)15-10-12-6-5-9-19-12/h3-9,11,15-16H,10H2,1-2H3. The molecule has 0 amide bonds. The first-order valence-electron chi connectivity index (χ1n) is 6.36. The molecule has 0 unspecified atom stereocenters. The third kappa shape index (κ3) is 3.61. The van der Waals surface area contributed by atoms with Gasteiger partial charge in [0.25, 0.3) is 0 Å². The van der Waals surface area contributed by atoms with Crippen molar-refractivity contribution < 1.29 is 12.8 Å². The molecule has 0 aliphatic rings. The fraction of sp³-hybridized carbons (Fsp3) is 0.286. The Bertz CT molecular complexity index is 649. The lowest BCUT2D eigenvalue weighted by Crippen LogP contribution is -2.30. The molecule has 2 N–H and O–H groups in total. The van der Waals surface area contributed by atoms with Crippen LogP contribution in [0.15, 0.2) is 52.0 Å². The molecule has 0 bridgehead atoms. The second-order valence-electron chi connectivity index (χ2n) is 4.71. The van der Waals surface area contributed by atoms with Crippen LogP contribution in [-0.2, 0) is 16.6 Å². The molecule has 0 saturated carbocycles. The van der Waals surface area contributed by atoms with E-state index < -0.39 is 10.0 Å². The van der Waals surface area contributed by atoms with Crippen LogP contribution in [-0.4, -0.2) is 14.5 Å². The maximum absolute atomic E-state index is 12.3. The summed E-state index contributed by atoms with van der Waals surface area (Å²) in [5.74, 6) is 0.744. The summed E-state index contributed by atoms with van der Waals surface area (Å²) >= 11 is 0. The van der Waals surface area contributed by atoms with E-state index in [1.165, 1.54) is 0 Å². The predicted octanol–water partition coefficient (Wildman–Crippen LogP) is 2.58. The first-order chi connectivity index (χ1) is 9.49. The van der Waals surface area contributed by atoms with E-state index in [0.717, 1.165) is 5.76 Å². The van der Waals surface area contributed by atoms with E-state index in [0.29, 0.717) is 12.2 Å². The largest absolute Gasteiger partial charge is 0.467 e. The van der Waals surface area contributed by atoms with Crippen LogP contribution < -0.4 is 10.0 Å². The molecule has 0 aliphatic carbocycles. The van der Waals surface area contributed by atoms with Crippen LogP contribution in [0.25, 0.3) is 0 Å². The summed E-state index contributed by atoms with van der Waals surface area (Å²) in [5.41, 5.74) is 0.553. The molecule has 108 valence electrons. The van der Waals surface area contributed by atoms with E-state index in [2.05, 4.69) is 10.0 Å². The molecule has 6 heteroatoms. The van der Waals surface area contributed by atoms with E-state index in [4.69, 9.17) is 4.42 Å². The fourth-order valence-corrected chi connectivity index (χ4v) is 3.25. The van der Waals surface area contributed by atoms with Crippen LogP contribution in [0.5, 0.6) is 0 Å². The lowest BCUT2D eigenvalue weighted by Gasteiger charge is -2.14. The molecule has 0 fully saturated rings. The Morgan fingerprint density at radius 2 is 1.90 bits per heavy atom. The minimum absolute atomic E-state index is 0.155. The highest BCUT2D eigenvalue weighted by Crippen LogP contribution is 2.21. The van der Waals surface area contributed by atoms with Crippen molar-refractivity contribution in [2.75, 3.05) is 5.32 Å². The van der Waals surface area contributed by atoms with Crippen LogP contribution in [0.1, 0.15) is 19.6 Å². The number of nitrogens with one attached hydrogen (secondary N) is 2. The zero-order valence-electron chi connectivity index (χ0n) is 11.5. The van der Waals surface area contributed by atoms with Gasteiger partial charge in [-0.2, -0.15) is 0 Å². The summed E-state index contributed by atoms with van der Waals surface area (Å²) in [6, 6.07) is 10.3. The monoisotopic (exact) mass is 294 g/mol. The number of sulfonamides is 1. The van der Waals surface area contributed by atoms with Crippen molar-refractivity contribution in [3.63, 3.8) is 0 Å². The Hall–Kier alpha value is -1.79.